The zero-order valence-corrected chi connectivity index (χ0v) is 13.3. The fourth-order valence-corrected chi connectivity index (χ4v) is 3.12. The molecule has 5 heteroatoms. The van der Waals surface area contributed by atoms with Gasteiger partial charge in [0.1, 0.15) is 0 Å². The topological polar surface area (TPSA) is 42.0 Å². The van der Waals surface area contributed by atoms with Crippen molar-refractivity contribution in [3.63, 3.8) is 0 Å². The van der Waals surface area contributed by atoms with Gasteiger partial charge in [0.05, 0.1) is 6.04 Å². The van der Waals surface area contributed by atoms with Gasteiger partial charge < -0.3 is 5.32 Å². The number of carbonyl (C=O) groups is 1. The van der Waals surface area contributed by atoms with Crippen molar-refractivity contribution in [3.8, 4) is 0 Å². The maximum Gasteiger partial charge on any atom is 0.248 e. The van der Waals surface area contributed by atoms with E-state index in [2.05, 4.69) is 10.3 Å². The van der Waals surface area contributed by atoms with Crippen LogP contribution in [0.2, 0.25) is 0 Å². The Bertz CT molecular complexity index is 627. The van der Waals surface area contributed by atoms with Gasteiger partial charge in [0.15, 0.2) is 0 Å². The van der Waals surface area contributed by atoms with Crippen LogP contribution in [0.25, 0.3) is 0 Å². The predicted molar refractivity (Wildman–Crippen MR) is 87.6 cm³/mol. The lowest BCUT2D eigenvalue weighted by Gasteiger charge is -2.29. The molecule has 1 aliphatic rings. The number of amides is 1. The third-order valence-electron chi connectivity index (χ3n) is 4.55. The van der Waals surface area contributed by atoms with Gasteiger partial charge in [-0.25, -0.2) is 8.78 Å². The van der Waals surface area contributed by atoms with Crippen molar-refractivity contribution in [2.45, 2.75) is 37.6 Å². The van der Waals surface area contributed by atoms with Gasteiger partial charge in [0, 0.05) is 31.2 Å². The molecule has 0 spiro atoms. The molecule has 126 valence electrons. The summed E-state index contributed by atoms with van der Waals surface area (Å²) in [4.78, 5) is 16.6. The van der Waals surface area contributed by atoms with Crippen LogP contribution >= 0.6 is 0 Å². The number of nitrogens with zero attached hydrogens (tertiary/aromatic N) is 1. The number of alkyl halides is 2. The third kappa shape index (κ3) is 3.96. The molecule has 1 fully saturated rings. The molecule has 1 aromatic heterocycles. The molecule has 0 aliphatic heterocycles. The molecule has 3 nitrogen and oxygen atoms in total. The zero-order chi connectivity index (χ0) is 17.0. The van der Waals surface area contributed by atoms with Crippen molar-refractivity contribution in [1.82, 2.24) is 10.3 Å². The number of hydrogen-bond acceptors (Lipinski definition) is 2. The minimum Gasteiger partial charge on any atom is -0.345 e. The summed E-state index contributed by atoms with van der Waals surface area (Å²) in [5.41, 5.74) is 1.88. The van der Waals surface area contributed by atoms with Gasteiger partial charge in [0.25, 0.3) is 0 Å². The van der Waals surface area contributed by atoms with Crippen LogP contribution < -0.4 is 5.32 Å². The van der Waals surface area contributed by atoms with Crippen molar-refractivity contribution in [2.75, 3.05) is 0 Å². The lowest BCUT2D eigenvalue weighted by Crippen LogP contribution is -2.38. The molecule has 1 saturated carbocycles. The lowest BCUT2D eigenvalue weighted by molar-refractivity contribution is -0.129. The summed E-state index contributed by atoms with van der Waals surface area (Å²) in [7, 11) is 0. The van der Waals surface area contributed by atoms with Crippen molar-refractivity contribution >= 4 is 5.91 Å². The number of hydrogen-bond donors (Lipinski definition) is 1. The van der Waals surface area contributed by atoms with E-state index in [0.29, 0.717) is 0 Å². The fourth-order valence-electron chi connectivity index (χ4n) is 3.12. The smallest absolute Gasteiger partial charge is 0.248 e. The summed E-state index contributed by atoms with van der Waals surface area (Å²) in [6, 6.07) is 13.0. The molecule has 1 N–H and O–H groups in total. The second kappa shape index (κ2) is 7.07. The Labute approximate surface area is 140 Å². The average Bonchev–Trinajstić information content (AvgIpc) is 2.61. The molecule has 3 rings (SSSR count). The first-order valence-electron chi connectivity index (χ1n) is 8.18. The highest BCUT2D eigenvalue weighted by molar-refractivity contribution is 5.79. The molecule has 0 bridgehead atoms. The van der Waals surface area contributed by atoms with Crippen molar-refractivity contribution in [2.24, 2.45) is 5.92 Å². The van der Waals surface area contributed by atoms with Gasteiger partial charge in [0.2, 0.25) is 11.8 Å². The first-order valence-corrected chi connectivity index (χ1v) is 8.18. The van der Waals surface area contributed by atoms with Crippen molar-refractivity contribution in [3.05, 3.63) is 66.0 Å². The summed E-state index contributed by atoms with van der Waals surface area (Å²) in [5.74, 6) is -3.13. The second-order valence-electron chi connectivity index (χ2n) is 6.26. The second-order valence-corrected chi connectivity index (χ2v) is 6.26. The lowest BCUT2D eigenvalue weighted by atomic mass is 9.85. The molecule has 2 aromatic rings. The molecule has 0 unspecified atom stereocenters. The van der Waals surface area contributed by atoms with Gasteiger partial charge in [-0.15, -0.1) is 0 Å². The van der Waals surface area contributed by atoms with E-state index in [0.717, 1.165) is 11.1 Å². The third-order valence-corrected chi connectivity index (χ3v) is 4.55. The summed E-state index contributed by atoms with van der Waals surface area (Å²) < 4.78 is 26.6. The number of benzene rings is 1. The van der Waals surface area contributed by atoms with Gasteiger partial charge >= 0.3 is 0 Å². The number of rotatable bonds is 4. The Morgan fingerprint density at radius 3 is 2.25 bits per heavy atom. The highest BCUT2D eigenvalue weighted by Crippen LogP contribution is 2.36. The standard InChI is InChI=1S/C19H20F2N2O/c20-19(21)10-6-16(7-11-19)18(24)23-17(14-4-2-1-3-5-14)15-8-12-22-13-9-15/h1-5,8-9,12-13,16-17H,6-7,10-11H2,(H,23,24)/t17-/m0/s1. The van der Waals surface area contributed by atoms with E-state index in [1.807, 2.05) is 42.5 Å². The first kappa shape index (κ1) is 16.6. The number of halogens is 2. The molecule has 1 aliphatic carbocycles. The molecule has 1 heterocycles. The van der Waals surface area contributed by atoms with Gasteiger partial charge in [-0.05, 0) is 36.1 Å². The molecule has 1 aromatic carbocycles. The summed E-state index contributed by atoms with van der Waals surface area (Å²) in [5, 5.41) is 3.04. The van der Waals surface area contributed by atoms with Crippen LogP contribution in [0.3, 0.4) is 0 Å². The van der Waals surface area contributed by atoms with E-state index in [1.54, 1.807) is 12.4 Å². The largest absolute Gasteiger partial charge is 0.345 e. The van der Waals surface area contributed by atoms with Crippen LogP contribution in [0.15, 0.2) is 54.9 Å². The molecule has 0 saturated heterocycles. The zero-order valence-electron chi connectivity index (χ0n) is 13.3. The Hall–Kier alpha value is -2.30. The summed E-state index contributed by atoms with van der Waals surface area (Å²) >= 11 is 0. The first-order chi connectivity index (χ1) is 11.6. The Kier molecular flexibility index (Phi) is 4.88. The molecule has 1 amide bonds. The quantitative estimate of drug-likeness (QED) is 0.916. The van der Waals surface area contributed by atoms with Gasteiger partial charge in [-0.2, -0.15) is 0 Å². The Morgan fingerprint density at radius 2 is 1.62 bits per heavy atom. The molecular weight excluding hydrogens is 310 g/mol. The van der Waals surface area contributed by atoms with E-state index in [4.69, 9.17) is 0 Å². The molecular formula is C19H20F2N2O. The van der Waals surface area contributed by atoms with Gasteiger partial charge in [-0.3, -0.25) is 9.78 Å². The summed E-state index contributed by atoms with van der Waals surface area (Å²) in [6.07, 6.45) is 3.40. The minimum atomic E-state index is -2.62. The van der Waals surface area contributed by atoms with Crippen LogP contribution in [-0.2, 0) is 4.79 Å². The summed E-state index contributed by atoms with van der Waals surface area (Å²) in [6.45, 7) is 0. The van der Waals surface area contributed by atoms with Crippen LogP contribution in [0.4, 0.5) is 8.78 Å². The van der Waals surface area contributed by atoms with E-state index < -0.39 is 5.92 Å². The van der Waals surface area contributed by atoms with E-state index in [-0.39, 0.29) is 43.6 Å². The van der Waals surface area contributed by atoms with E-state index in [9.17, 15) is 13.6 Å². The predicted octanol–water partition coefficient (Wildman–Crippen LogP) is 4.11. The Balaban J connectivity index is 1.76. The van der Waals surface area contributed by atoms with E-state index >= 15 is 0 Å². The average molecular weight is 330 g/mol. The van der Waals surface area contributed by atoms with Crippen molar-refractivity contribution in [1.29, 1.82) is 0 Å². The van der Waals surface area contributed by atoms with Crippen LogP contribution in [-0.4, -0.2) is 16.8 Å². The number of nitrogens with one attached hydrogen (secondary N) is 1. The normalized spacial score (nSPS) is 18.8. The number of aromatic nitrogens is 1. The van der Waals surface area contributed by atoms with Crippen LogP contribution in [0.5, 0.6) is 0 Å². The highest BCUT2D eigenvalue weighted by Gasteiger charge is 2.37. The SMILES string of the molecule is O=C(N[C@@H](c1ccccc1)c1ccncc1)C1CCC(F)(F)CC1. The Morgan fingerprint density at radius 1 is 1.04 bits per heavy atom. The monoisotopic (exact) mass is 330 g/mol. The molecule has 0 radical (unpaired) electrons. The van der Waals surface area contributed by atoms with Crippen LogP contribution in [0.1, 0.15) is 42.9 Å². The highest BCUT2D eigenvalue weighted by atomic mass is 19.3. The fraction of sp³-hybridized carbons (Fsp3) is 0.368. The maximum absolute atomic E-state index is 13.3. The van der Waals surface area contributed by atoms with E-state index in [1.165, 1.54) is 0 Å². The van der Waals surface area contributed by atoms with Gasteiger partial charge in [-0.1, -0.05) is 30.3 Å². The van der Waals surface area contributed by atoms with Crippen LogP contribution in [0, 0.1) is 5.92 Å². The molecule has 24 heavy (non-hydrogen) atoms. The minimum absolute atomic E-state index is 0.156. The van der Waals surface area contributed by atoms with Crippen molar-refractivity contribution < 1.29 is 13.6 Å². The number of pyridine rings is 1. The maximum atomic E-state index is 13.3. The molecule has 1 atom stereocenters. The number of carbonyl (C=O) groups excluding carboxylic acids is 1.